The molecule has 0 unspecified atom stereocenters. The van der Waals surface area contributed by atoms with Gasteiger partial charge in [-0.15, -0.1) is 12.4 Å². The SMILES string of the molecule is Cl.N[C@H](CCCO)c1c(F)cc(Br)cc1F. The molecule has 0 aliphatic rings. The van der Waals surface area contributed by atoms with Crippen LogP contribution in [-0.2, 0) is 0 Å². The summed E-state index contributed by atoms with van der Waals surface area (Å²) < 4.78 is 27.1. The number of hydrogen-bond donors (Lipinski definition) is 2. The second kappa shape index (κ2) is 7.17. The van der Waals surface area contributed by atoms with Crippen molar-refractivity contribution in [3.05, 3.63) is 33.8 Å². The normalized spacial score (nSPS) is 12.1. The first-order chi connectivity index (χ1) is 7.06. The third-order valence-electron chi connectivity index (χ3n) is 2.09. The molecule has 0 heterocycles. The van der Waals surface area contributed by atoms with Crippen LogP contribution in [0.2, 0.25) is 0 Å². The number of rotatable bonds is 4. The van der Waals surface area contributed by atoms with Gasteiger partial charge in [-0.3, -0.25) is 0 Å². The van der Waals surface area contributed by atoms with Crippen LogP contribution in [0.25, 0.3) is 0 Å². The van der Waals surface area contributed by atoms with Crippen molar-refractivity contribution in [2.24, 2.45) is 5.73 Å². The number of halogens is 4. The van der Waals surface area contributed by atoms with Crippen LogP contribution in [-0.4, -0.2) is 11.7 Å². The molecule has 0 aliphatic carbocycles. The summed E-state index contributed by atoms with van der Waals surface area (Å²) in [5.41, 5.74) is 5.51. The van der Waals surface area contributed by atoms with E-state index in [1.165, 1.54) is 12.1 Å². The lowest BCUT2D eigenvalue weighted by atomic mass is 10.0. The van der Waals surface area contributed by atoms with Gasteiger partial charge < -0.3 is 10.8 Å². The lowest BCUT2D eigenvalue weighted by Crippen LogP contribution is -2.14. The Morgan fingerprint density at radius 1 is 1.31 bits per heavy atom. The molecule has 1 aromatic carbocycles. The summed E-state index contributed by atoms with van der Waals surface area (Å²) >= 11 is 2.99. The van der Waals surface area contributed by atoms with Crippen LogP contribution in [0.4, 0.5) is 8.78 Å². The van der Waals surface area contributed by atoms with Crippen LogP contribution < -0.4 is 5.73 Å². The summed E-state index contributed by atoms with van der Waals surface area (Å²) in [6, 6.07) is 1.64. The topological polar surface area (TPSA) is 46.2 Å². The van der Waals surface area contributed by atoms with Gasteiger partial charge in [0.25, 0.3) is 0 Å². The minimum atomic E-state index is -0.717. The van der Waals surface area contributed by atoms with Gasteiger partial charge in [0.05, 0.1) is 0 Å². The smallest absolute Gasteiger partial charge is 0.132 e. The fraction of sp³-hybridized carbons (Fsp3) is 0.400. The Labute approximate surface area is 107 Å². The van der Waals surface area contributed by atoms with Gasteiger partial charge in [0.1, 0.15) is 11.6 Å². The molecule has 0 radical (unpaired) electrons. The Morgan fingerprint density at radius 3 is 2.25 bits per heavy atom. The average molecular weight is 317 g/mol. The zero-order valence-electron chi connectivity index (χ0n) is 8.42. The first-order valence-electron chi connectivity index (χ1n) is 4.57. The molecular formula is C10H13BrClF2NO. The third-order valence-corrected chi connectivity index (χ3v) is 2.55. The molecule has 2 nitrogen and oxygen atoms in total. The molecule has 0 bridgehead atoms. The van der Waals surface area contributed by atoms with E-state index < -0.39 is 17.7 Å². The predicted molar refractivity (Wildman–Crippen MR) is 64.6 cm³/mol. The number of benzene rings is 1. The predicted octanol–water partition coefficient (Wildman–Crippen LogP) is 2.92. The molecule has 3 N–H and O–H groups in total. The Morgan fingerprint density at radius 2 is 1.81 bits per heavy atom. The largest absolute Gasteiger partial charge is 0.396 e. The second-order valence-corrected chi connectivity index (χ2v) is 4.17. The molecule has 0 amide bonds. The Balaban J connectivity index is 0.00000225. The number of aliphatic hydroxyl groups excluding tert-OH is 1. The maximum atomic E-state index is 13.4. The second-order valence-electron chi connectivity index (χ2n) is 3.26. The van der Waals surface area contributed by atoms with Gasteiger partial charge in [-0.05, 0) is 25.0 Å². The Bertz CT molecular complexity index is 329. The molecule has 1 aromatic rings. The fourth-order valence-corrected chi connectivity index (χ4v) is 1.77. The first-order valence-corrected chi connectivity index (χ1v) is 5.36. The van der Waals surface area contributed by atoms with E-state index in [1.54, 1.807) is 0 Å². The Kier molecular flexibility index (Phi) is 7.06. The van der Waals surface area contributed by atoms with E-state index >= 15 is 0 Å². The van der Waals surface area contributed by atoms with Gasteiger partial charge in [0.2, 0.25) is 0 Å². The van der Waals surface area contributed by atoms with Crippen LogP contribution in [0.3, 0.4) is 0 Å². The van der Waals surface area contributed by atoms with E-state index in [0.717, 1.165) is 0 Å². The maximum Gasteiger partial charge on any atom is 0.132 e. The van der Waals surface area contributed by atoms with Crippen LogP contribution in [0.1, 0.15) is 24.4 Å². The van der Waals surface area contributed by atoms with Crippen molar-refractivity contribution in [3.8, 4) is 0 Å². The van der Waals surface area contributed by atoms with Crippen molar-refractivity contribution in [2.75, 3.05) is 6.61 Å². The van der Waals surface area contributed by atoms with E-state index in [1.807, 2.05) is 0 Å². The number of hydrogen-bond acceptors (Lipinski definition) is 2. The molecular weight excluding hydrogens is 303 g/mol. The Hall–Kier alpha value is -0.230. The summed E-state index contributed by atoms with van der Waals surface area (Å²) in [6.07, 6.45) is 0.780. The van der Waals surface area contributed by atoms with Gasteiger partial charge in [-0.25, -0.2) is 8.78 Å². The molecule has 0 fully saturated rings. The lowest BCUT2D eigenvalue weighted by molar-refractivity contribution is 0.279. The number of nitrogens with two attached hydrogens (primary N) is 1. The van der Waals surface area contributed by atoms with Crippen LogP contribution >= 0.6 is 28.3 Å². The molecule has 0 aromatic heterocycles. The van der Waals surface area contributed by atoms with E-state index in [9.17, 15) is 8.78 Å². The molecule has 16 heavy (non-hydrogen) atoms. The van der Waals surface area contributed by atoms with Crippen LogP contribution in [0, 0.1) is 11.6 Å². The summed E-state index contributed by atoms with van der Waals surface area (Å²) in [4.78, 5) is 0. The van der Waals surface area contributed by atoms with E-state index in [-0.39, 0.29) is 24.6 Å². The molecule has 92 valence electrons. The van der Waals surface area contributed by atoms with Crippen molar-refractivity contribution in [2.45, 2.75) is 18.9 Å². The quantitative estimate of drug-likeness (QED) is 0.897. The van der Waals surface area contributed by atoms with Crippen molar-refractivity contribution in [1.82, 2.24) is 0 Å². The van der Waals surface area contributed by atoms with Gasteiger partial charge in [-0.1, -0.05) is 15.9 Å². The van der Waals surface area contributed by atoms with Crippen LogP contribution in [0.5, 0.6) is 0 Å². The summed E-state index contributed by atoms with van der Waals surface area (Å²) in [5.74, 6) is -1.32. The van der Waals surface area contributed by atoms with Crippen molar-refractivity contribution < 1.29 is 13.9 Å². The van der Waals surface area contributed by atoms with Crippen molar-refractivity contribution in [3.63, 3.8) is 0 Å². The molecule has 0 spiro atoms. The summed E-state index contributed by atoms with van der Waals surface area (Å²) in [7, 11) is 0. The average Bonchev–Trinajstić information content (AvgIpc) is 2.12. The van der Waals surface area contributed by atoms with E-state index in [0.29, 0.717) is 17.3 Å². The minimum absolute atomic E-state index is 0. The summed E-state index contributed by atoms with van der Waals surface area (Å²) in [6.45, 7) is -0.0343. The zero-order chi connectivity index (χ0) is 11.4. The minimum Gasteiger partial charge on any atom is -0.396 e. The number of aliphatic hydroxyl groups is 1. The molecule has 6 heteroatoms. The van der Waals surface area contributed by atoms with E-state index in [2.05, 4.69) is 15.9 Å². The van der Waals surface area contributed by atoms with Gasteiger partial charge in [0.15, 0.2) is 0 Å². The summed E-state index contributed by atoms with van der Waals surface area (Å²) in [5, 5.41) is 8.59. The maximum absolute atomic E-state index is 13.4. The lowest BCUT2D eigenvalue weighted by Gasteiger charge is -2.13. The van der Waals surface area contributed by atoms with Crippen LogP contribution in [0.15, 0.2) is 16.6 Å². The molecule has 0 aliphatic heterocycles. The van der Waals surface area contributed by atoms with E-state index in [4.69, 9.17) is 10.8 Å². The molecule has 1 rings (SSSR count). The zero-order valence-corrected chi connectivity index (χ0v) is 10.8. The van der Waals surface area contributed by atoms with Crippen molar-refractivity contribution in [1.29, 1.82) is 0 Å². The highest BCUT2D eigenvalue weighted by Gasteiger charge is 2.17. The van der Waals surface area contributed by atoms with Gasteiger partial charge in [0, 0.05) is 22.7 Å². The molecule has 0 saturated carbocycles. The van der Waals surface area contributed by atoms with Gasteiger partial charge >= 0.3 is 0 Å². The highest BCUT2D eigenvalue weighted by atomic mass is 79.9. The molecule has 1 atom stereocenters. The van der Waals surface area contributed by atoms with Gasteiger partial charge in [-0.2, -0.15) is 0 Å². The highest BCUT2D eigenvalue weighted by molar-refractivity contribution is 9.10. The molecule has 0 saturated heterocycles. The standard InChI is InChI=1S/C10H12BrF2NO.ClH/c11-6-4-7(12)10(8(13)5-6)9(14)2-1-3-15;/h4-5,9,15H,1-3,14H2;1H/t9-;/m1./s1. The first kappa shape index (κ1) is 15.8. The highest BCUT2D eigenvalue weighted by Crippen LogP contribution is 2.25. The van der Waals surface area contributed by atoms with Crippen molar-refractivity contribution >= 4 is 28.3 Å². The third kappa shape index (κ3) is 3.97. The monoisotopic (exact) mass is 315 g/mol. The fourth-order valence-electron chi connectivity index (χ4n) is 1.36.